The number of aliphatic hydroxyl groups excluding tert-OH is 2. The summed E-state index contributed by atoms with van der Waals surface area (Å²) >= 11 is 0. The maximum Gasteiger partial charge on any atom is 0.472 e. The fraction of sp³-hybridized carbons (Fsp3) is 0.840. The quantitative estimate of drug-likeness (QED) is 0.0177. The second-order valence-corrected chi connectivity index (χ2v) is 18.3. The molecule has 1 unspecified atom stereocenters. The molecule has 0 heterocycles. The average Bonchev–Trinajstić information content (AvgIpc) is 3.25. The Morgan fingerprint density at radius 3 is 1.34 bits per heavy atom. The molecule has 3 N–H and O–H groups in total. The van der Waals surface area contributed by atoms with Gasteiger partial charge in [-0.2, -0.15) is 0 Å². The molecule has 0 aromatic heterocycles. The maximum absolute atomic E-state index is 12.6. The number of carbonyl (C=O) groups excluding carboxylic acids is 2. The van der Waals surface area contributed by atoms with Crippen LogP contribution in [0, 0.1) is 0 Å². The van der Waals surface area contributed by atoms with E-state index in [1.807, 2.05) is 0 Å². The van der Waals surface area contributed by atoms with E-state index in [0.717, 1.165) is 51.4 Å². The minimum atomic E-state index is -4.63. The minimum Gasteiger partial charge on any atom is -0.462 e. The second kappa shape index (κ2) is 46.2. The molecule has 0 aliphatic rings. The first-order valence-corrected chi connectivity index (χ1v) is 26.5. The lowest BCUT2D eigenvalue weighted by Gasteiger charge is -2.20. The van der Waals surface area contributed by atoms with Crippen LogP contribution < -0.4 is 0 Å². The van der Waals surface area contributed by atoms with E-state index in [4.69, 9.17) is 23.6 Å². The van der Waals surface area contributed by atoms with Gasteiger partial charge in [-0.1, -0.05) is 198 Å². The summed E-state index contributed by atoms with van der Waals surface area (Å²) in [5.74, 6) is -0.973. The molecule has 11 heteroatoms. The highest BCUT2D eigenvalue weighted by molar-refractivity contribution is 7.47. The van der Waals surface area contributed by atoms with Crippen LogP contribution in [-0.2, 0) is 32.7 Å². The molecule has 0 aliphatic carbocycles. The van der Waals surface area contributed by atoms with Crippen LogP contribution in [0.2, 0.25) is 0 Å². The monoisotopic (exact) mass is 885 g/mol. The van der Waals surface area contributed by atoms with E-state index in [9.17, 15) is 24.2 Å². The smallest absolute Gasteiger partial charge is 0.462 e. The van der Waals surface area contributed by atoms with Crippen molar-refractivity contribution in [1.29, 1.82) is 0 Å². The Morgan fingerprint density at radius 2 is 0.869 bits per heavy atom. The summed E-state index contributed by atoms with van der Waals surface area (Å²) < 4.78 is 32.8. The standard InChI is InChI=1S/C50H93O10P/c1-3-5-7-9-11-13-15-17-19-20-21-22-23-24-25-26-28-30-32-34-36-38-40-42-50(54)60-48(46-59-61(55,56)58-44-47(52)43-51)45-57-49(53)41-39-37-35-33-31-29-27-18-16-14-12-10-8-6-4-2/h14,16,18,27,34,36,47-48,51-52H,3-13,15,17,19-26,28-33,35,37-46H2,1-2H3,(H,55,56)/b16-14+,27-18+,36-34+/t47-,48+/m0/s1. The van der Waals surface area contributed by atoms with Crippen molar-refractivity contribution in [2.24, 2.45) is 0 Å². The Balaban J connectivity index is 4.21. The van der Waals surface area contributed by atoms with Crippen molar-refractivity contribution in [3.8, 4) is 0 Å². The van der Waals surface area contributed by atoms with E-state index in [0.29, 0.717) is 12.8 Å². The lowest BCUT2D eigenvalue weighted by molar-refractivity contribution is -0.161. The summed E-state index contributed by atoms with van der Waals surface area (Å²) in [6.45, 7) is 2.35. The number of phosphoric ester groups is 1. The topological polar surface area (TPSA) is 149 Å². The number of carbonyl (C=O) groups is 2. The second-order valence-electron chi connectivity index (χ2n) is 16.9. The van der Waals surface area contributed by atoms with Crippen LogP contribution in [0.4, 0.5) is 0 Å². The predicted molar refractivity (Wildman–Crippen MR) is 251 cm³/mol. The molecule has 358 valence electrons. The fourth-order valence-corrected chi connectivity index (χ4v) is 7.72. The molecule has 0 aromatic carbocycles. The van der Waals surface area contributed by atoms with E-state index in [1.54, 1.807) is 0 Å². The first kappa shape index (κ1) is 59.2. The number of aliphatic hydroxyl groups is 2. The van der Waals surface area contributed by atoms with Crippen molar-refractivity contribution >= 4 is 19.8 Å². The molecular weight excluding hydrogens is 792 g/mol. The SMILES string of the molecule is CCCCCC/C=C/C=C/CCCCCCCC(=O)OC[C@H](COP(=O)(O)OC[C@@H](O)CO)OC(=O)CCC/C=C/CCCCCCCCCCCCCCCCCCCC. The molecule has 0 fully saturated rings. The number of unbranched alkanes of at least 4 members (excludes halogenated alkanes) is 28. The van der Waals surface area contributed by atoms with Crippen LogP contribution in [0.1, 0.15) is 232 Å². The molecule has 61 heavy (non-hydrogen) atoms. The number of rotatable bonds is 47. The van der Waals surface area contributed by atoms with Crippen LogP contribution in [0.3, 0.4) is 0 Å². The molecule has 0 bridgehead atoms. The van der Waals surface area contributed by atoms with E-state index in [2.05, 4.69) is 50.3 Å². The van der Waals surface area contributed by atoms with Crippen LogP contribution in [0.5, 0.6) is 0 Å². The summed E-state index contributed by atoms with van der Waals surface area (Å²) in [6.07, 6.45) is 49.8. The largest absolute Gasteiger partial charge is 0.472 e. The van der Waals surface area contributed by atoms with Gasteiger partial charge in [0.2, 0.25) is 0 Å². The number of esters is 2. The van der Waals surface area contributed by atoms with E-state index < -0.39 is 51.8 Å². The molecule has 0 saturated carbocycles. The first-order valence-electron chi connectivity index (χ1n) is 25.0. The lowest BCUT2D eigenvalue weighted by atomic mass is 10.0. The van der Waals surface area contributed by atoms with Gasteiger partial charge in [-0.15, -0.1) is 0 Å². The van der Waals surface area contributed by atoms with Crippen molar-refractivity contribution in [2.45, 2.75) is 244 Å². The number of phosphoric acid groups is 1. The van der Waals surface area contributed by atoms with Crippen molar-refractivity contribution < 1.29 is 47.8 Å². The third kappa shape index (κ3) is 46.0. The van der Waals surface area contributed by atoms with E-state index in [-0.39, 0.29) is 19.4 Å². The highest BCUT2D eigenvalue weighted by atomic mass is 31.2. The van der Waals surface area contributed by atoms with Gasteiger partial charge in [0, 0.05) is 12.8 Å². The summed E-state index contributed by atoms with van der Waals surface area (Å²) in [5, 5.41) is 18.4. The zero-order chi connectivity index (χ0) is 44.8. The van der Waals surface area contributed by atoms with Gasteiger partial charge >= 0.3 is 19.8 Å². The molecular formula is C50H93O10P. The molecule has 0 aromatic rings. The molecule has 0 saturated heterocycles. The highest BCUT2D eigenvalue weighted by Crippen LogP contribution is 2.43. The van der Waals surface area contributed by atoms with Gasteiger partial charge in [-0.3, -0.25) is 18.6 Å². The lowest BCUT2D eigenvalue weighted by Crippen LogP contribution is -2.29. The predicted octanol–water partition coefficient (Wildman–Crippen LogP) is 13.9. The maximum atomic E-state index is 12.6. The zero-order valence-corrected chi connectivity index (χ0v) is 40.0. The number of ether oxygens (including phenoxy) is 2. The van der Waals surface area contributed by atoms with Crippen LogP contribution in [0.15, 0.2) is 36.5 Å². The van der Waals surface area contributed by atoms with Crippen molar-refractivity contribution in [3.05, 3.63) is 36.5 Å². The van der Waals surface area contributed by atoms with Gasteiger partial charge in [0.15, 0.2) is 6.10 Å². The van der Waals surface area contributed by atoms with Crippen molar-refractivity contribution in [2.75, 3.05) is 26.4 Å². The van der Waals surface area contributed by atoms with Gasteiger partial charge in [-0.05, 0) is 57.8 Å². The molecule has 0 aliphatic heterocycles. The van der Waals surface area contributed by atoms with Gasteiger partial charge in [0.25, 0.3) is 0 Å². The Labute approximate surface area is 373 Å². The average molecular weight is 885 g/mol. The Hall–Kier alpha value is -1.81. The molecule has 3 atom stereocenters. The molecule has 0 rings (SSSR count). The van der Waals surface area contributed by atoms with E-state index >= 15 is 0 Å². The molecule has 0 spiro atoms. The Morgan fingerprint density at radius 1 is 0.492 bits per heavy atom. The molecule has 10 nitrogen and oxygen atoms in total. The summed E-state index contributed by atoms with van der Waals surface area (Å²) in [4.78, 5) is 35.1. The van der Waals surface area contributed by atoms with Gasteiger partial charge in [0.05, 0.1) is 19.8 Å². The summed E-state index contributed by atoms with van der Waals surface area (Å²) in [7, 11) is -4.63. The Bertz CT molecular complexity index is 1110. The van der Waals surface area contributed by atoms with Crippen LogP contribution in [-0.4, -0.2) is 65.7 Å². The van der Waals surface area contributed by atoms with Crippen molar-refractivity contribution in [3.63, 3.8) is 0 Å². The summed E-state index contributed by atoms with van der Waals surface area (Å²) in [6, 6.07) is 0. The molecule has 0 radical (unpaired) electrons. The zero-order valence-electron chi connectivity index (χ0n) is 39.1. The van der Waals surface area contributed by atoms with Gasteiger partial charge < -0.3 is 24.6 Å². The van der Waals surface area contributed by atoms with E-state index in [1.165, 1.54) is 141 Å². The highest BCUT2D eigenvalue weighted by Gasteiger charge is 2.27. The van der Waals surface area contributed by atoms with Crippen LogP contribution in [0.25, 0.3) is 0 Å². The third-order valence-electron chi connectivity index (χ3n) is 10.8. The normalized spacial score (nSPS) is 14.0. The molecule has 0 amide bonds. The summed E-state index contributed by atoms with van der Waals surface area (Å²) in [5.41, 5.74) is 0. The fourth-order valence-electron chi connectivity index (χ4n) is 6.93. The number of hydrogen-bond acceptors (Lipinski definition) is 9. The van der Waals surface area contributed by atoms with Gasteiger partial charge in [-0.25, -0.2) is 4.57 Å². The van der Waals surface area contributed by atoms with Crippen LogP contribution >= 0.6 is 7.82 Å². The minimum absolute atomic E-state index is 0.134. The van der Waals surface area contributed by atoms with Crippen molar-refractivity contribution in [1.82, 2.24) is 0 Å². The Kier molecular flexibility index (Phi) is 44.8. The third-order valence-corrected chi connectivity index (χ3v) is 11.7. The van der Waals surface area contributed by atoms with Gasteiger partial charge in [0.1, 0.15) is 12.7 Å². The first-order chi connectivity index (χ1) is 29.7. The number of hydrogen-bond donors (Lipinski definition) is 3. The number of allylic oxidation sites excluding steroid dienone is 6.